The van der Waals surface area contributed by atoms with Gasteiger partial charge in [0.1, 0.15) is 0 Å². The van der Waals surface area contributed by atoms with Crippen LogP contribution in [0.15, 0.2) is 0 Å². The Hall–Kier alpha value is -1.30. The Balaban J connectivity index is 0. The highest BCUT2D eigenvalue weighted by molar-refractivity contribution is 5.83. The van der Waals surface area contributed by atoms with E-state index in [0.29, 0.717) is 19.6 Å². The molecule has 120 valence electrons. The topological polar surface area (TPSA) is 179 Å². The van der Waals surface area contributed by atoms with Gasteiger partial charge in [-0.2, -0.15) is 0 Å². The van der Waals surface area contributed by atoms with Gasteiger partial charge in [0.2, 0.25) is 0 Å². The standard InChI is InChI=1S/C6H15NO3.C4H6O6/c8-4-1-7(2-5-9)3-6-10;5-1(3(7)8)2(6)4(9)10/h8-10H,1-6H2;1-2,5-6H,(H,7,8)(H,9,10). The van der Waals surface area contributed by atoms with Gasteiger partial charge in [0.25, 0.3) is 0 Å². The van der Waals surface area contributed by atoms with E-state index in [2.05, 4.69) is 0 Å². The van der Waals surface area contributed by atoms with Crippen LogP contribution in [0.3, 0.4) is 0 Å². The van der Waals surface area contributed by atoms with Crippen molar-refractivity contribution < 1.29 is 45.3 Å². The summed E-state index contributed by atoms with van der Waals surface area (Å²) in [6.07, 6.45) is -4.53. The molecule has 0 aliphatic rings. The van der Waals surface area contributed by atoms with Crippen molar-refractivity contribution in [1.82, 2.24) is 4.90 Å². The molecule has 0 spiro atoms. The van der Waals surface area contributed by atoms with Crippen molar-refractivity contribution in [2.45, 2.75) is 12.2 Å². The smallest absolute Gasteiger partial charge is 0.335 e. The summed E-state index contributed by atoms with van der Waals surface area (Å²) in [5, 5.41) is 58.0. The van der Waals surface area contributed by atoms with Gasteiger partial charge in [-0.1, -0.05) is 0 Å². The second kappa shape index (κ2) is 12.7. The fourth-order valence-electron chi connectivity index (χ4n) is 1.03. The quantitative estimate of drug-likeness (QED) is 0.223. The molecule has 0 fully saturated rings. The van der Waals surface area contributed by atoms with E-state index in [9.17, 15) is 9.59 Å². The Morgan fingerprint density at radius 1 is 0.750 bits per heavy atom. The number of hydrogen-bond donors (Lipinski definition) is 7. The van der Waals surface area contributed by atoms with Crippen LogP contribution >= 0.6 is 0 Å². The van der Waals surface area contributed by atoms with Crippen LogP contribution < -0.4 is 0 Å². The van der Waals surface area contributed by atoms with Gasteiger partial charge >= 0.3 is 11.9 Å². The zero-order chi connectivity index (χ0) is 16.1. The third-order valence-corrected chi connectivity index (χ3v) is 2.05. The van der Waals surface area contributed by atoms with E-state index in [-0.39, 0.29) is 19.8 Å². The fraction of sp³-hybridized carbons (Fsp3) is 0.800. The molecular weight excluding hydrogens is 278 g/mol. The molecule has 0 aromatic heterocycles. The minimum absolute atomic E-state index is 0.0694. The Labute approximate surface area is 115 Å². The van der Waals surface area contributed by atoms with E-state index < -0.39 is 24.1 Å². The lowest BCUT2D eigenvalue weighted by Crippen LogP contribution is -2.39. The molecule has 0 aliphatic heterocycles. The summed E-state index contributed by atoms with van der Waals surface area (Å²) in [5.74, 6) is -3.54. The number of carboxylic acids is 2. The molecule has 0 bridgehead atoms. The highest BCUT2D eigenvalue weighted by atomic mass is 16.4. The van der Waals surface area contributed by atoms with Crippen molar-refractivity contribution in [3.63, 3.8) is 0 Å². The predicted molar refractivity (Wildman–Crippen MR) is 65.0 cm³/mol. The maximum Gasteiger partial charge on any atom is 0.335 e. The van der Waals surface area contributed by atoms with Crippen LogP contribution in [0.2, 0.25) is 0 Å². The largest absolute Gasteiger partial charge is 0.479 e. The maximum absolute atomic E-state index is 9.77. The molecule has 10 heteroatoms. The van der Waals surface area contributed by atoms with Crippen molar-refractivity contribution >= 4 is 11.9 Å². The van der Waals surface area contributed by atoms with E-state index in [4.69, 9.17) is 35.7 Å². The molecule has 0 saturated heterocycles. The molecule has 0 aromatic carbocycles. The first-order valence-electron chi connectivity index (χ1n) is 5.68. The average molecular weight is 299 g/mol. The second-order valence-corrected chi connectivity index (χ2v) is 3.58. The third-order valence-electron chi connectivity index (χ3n) is 2.05. The number of carboxylic acid groups (broad SMARTS) is 2. The molecule has 2 unspecified atom stereocenters. The van der Waals surface area contributed by atoms with Gasteiger partial charge in [-0.05, 0) is 0 Å². The van der Waals surface area contributed by atoms with Crippen molar-refractivity contribution in [2.75, 3.05) is 39.5 Å². The molecule has 7 N–H and O–H groups in total. The van der Waals surface area contributed by atoms with Gasteiger partial charge in [-0.15, -0.1) is 0 Å². The lowest BCUT2D eigenvalue weighted by Gasteiger charge is -2.17. The Kier molecular flexibility index (Phi) is 13.4. The van der Waals surface area contributed by atoms with Crippen LogP contribution in [-0.4, -0.2) is 104 Å². The first-order valence-corrected chi connectivity index (χ1v) is 5.68. The van der Waals surface area contributed by atoms with Gasteiger partial charge < -0.3 is 35.7 Å². The number of nitrogens with zero attached hydrogens (tertiary/aromatic N) is 1. The van der Waals surface area contributed by atoms with E-state index in [1.54, 1.807) is 4.90 Å². The zero-order valence-electron chi connectivity index (χ0n) is 10.8. The normalized spacial score (nSPS) is 13.3. The van der Waals surface area contributed by atoms with Gasteiger partial charge in [-0.3, -0.25) is 4.90 Å². The van der Waals surface area contributed by atoms with Crippen LogP contribution in [0.1, 0.15) is 0 Å². The lowest BCUT2D eigenvalue weighted by molar-refractivity contribution is -0.165. The van der Waals surface area contributed by atoms with Gasteiger partial charge in [-0.25, -0.2) is 9.59 Å². The van der Waals surface area contributed by atoms with E-state index in [1.807, 2.05) is 0 Å². The molecular formula is C10H21NO9. The van der Waals surface area contributed by atoms with Gasteiger partial charge in [0, 0.05) is 19.6 Å². The molecule has 20 heavy (non-hydrogen) atoms. The van der Waals surface area contributed by atoms with Crippen LogP contribution in [0.4, 0.5) is 0 Å². The summed E-state index contributed by atoms with van der Waals surface area (Å²) < 4.78 is 0. The van der Waals surface area contributed by atoms with Crippen molar-refractivity contribution in [3.8, 4) is 0 Å². The third kappa shape index (κ3) is 10.6. The van der Waals surface area contributed by atoms with Crippen LogP contribution in [0.25, 0.3) is 0 Å². The molecule has 2 atom stereocenters. The maximum atomic E-state index is 9.77. The van der Waals surface area contributed by atoms with Crippen LogP contribution in [-0.2, 0) is 9.59 Å². The van der Waals surface area contributed by atoms with E-state index in [1.165, 1.54) is 0 Å². The summed E-state index contributed by atoms with van der Waals surface area (Å²) >= 11 is 0. The number of rotatable bonds is 9. The molecule has 0 heterocycles. The summed E-state index contributed by atoms with van der Waals surface area (Å²) in [6, 6.07) is 0. The number of aliphatic carboxylic acids is 2. The minimum Gasteiger partial charge on any atom is -0.479 e. The van der Waals surface area contributed by atoms with Gasteiger partial charge in [0.15, 0.2) is 12.2 Å². The van der Waals surface area contributed by atoms with Crippen LogP contribution in [0, 0.1) is 0 Å². The minimum atomic E-state index is -2.27. The molecule has 0 saturated carbocycles. The summed E-state index contributed by atoms with van der Waals surface area (Å²) in [6.45, 7) is 1.75. The monoisotopic (exact) mass is 299 g/mol. The first-order chi connectivity index (χ1) is 9.31. The molecule has 0 amide bonds. The average Bonchev–Trinajstić information content (AvgIpc) is 2.38. The summed E-state index contributed by atoms with van der Waals surface area (Å²) in [5.41, 5.74) is 0. The molecule has 0 radical (unpaired) electrons. The SMILES string of the molecule is O=C(O)C(O)C(O)C(=O)O.OCCN(CCO)CCO. The second-order valence-electron chi connectivity index (χ2n) is 3.58. The highest BCUT2D eigenvalue weighted by Crippen LogP contribution is 1.92. The molecule has 0 rings (SSSR count). The number of carbonyl (C=O) groups is 2. The number of aliphatic hydroxyl groups excluding tert-OH is 5. The van der Waals surface area contributed by atoms with Crippen LogP contribution in [0.5, 0.6) is 0 Å². The van der Waals surface area contributed by atoms with E-state index in [0.717, 1.165) is 0 Å². The van der Waals surface area contributed by atoms with Crippen molar-refractivity contribution in [2.24, 2.45) is 0 Å². The summed E-state index contributed by atoms with van der Waals surface area (Å²) in [7, 11) is 0. The lowest BCUT2D eigenvalue weighted by atomic mass is 10.2. The molecule has 0 aliphatic carbocycles. The number of hydrogen-bond acceptors (Lipinski definition) is 8. The molecule has 0 aromatic rings. The Morgan fingerprint density at radius 3 is 1.15 bits per heavy atom. The van der Waals surface area contributed by atoms with Gasteiger partial charge in [0.05, 0.1) is 19.8 Å². The Bertz CT molecular complexity index is 241. The first kappa shape index (κ1) is 21.0. The predicted octanol–water partition coefficient (Wildman–Crippen LogP) is -3.86. The number of aliphatic hydroxyl groups is 5. The summed E-state index contributed by atoms with van der Waals surface area (Å²) in [4.78, 5) is 21.3. The van der Waals surface area contributed by atoms with Crippen molar-refractivity contribution in [3.05, 3.63) is 0 Å². The van der Waals surface area contributed by atoms with E-state index >= 15 is 0 Å². The fourth-order valence-corrected chi connectivity index (χ4v) is 1.03. The van der Waals surface area contributed by atoms with Crippen molar-refractivity contribution in [1.29, 1.82) is 0 Å². The zero-order valence-corrected chi connectivity index (χ0v) is 10.8. The highest BCUT2D eigenvalue weighted by Gasteiger charge is 2.29. The molecule has 10 nitrogen and oxygen atoms in total. The Morgan fingerprint density at radius 2 is 1.00 bits per heavy atom.